The Balaban J connectivity index is 3.93. The highest BCUT2D eigenvalue weighted by Gasteiger charge is 1.89. The van der Waals surface area contributed by atoms with Crippen molar-refractivity contribution in [3.63, 3.8) is 0 Å². The molecule has 2 N–H and O–H groups in total. The average molecular weight is 157 g/mol. The molecule has 0 rings (SSSR count). The van der Waals surface area contributed by atoms with Gasteiger partial charge in [0.2, 0.25) is 0 Å². The van der Waals surface area contributed by atoms with Crippen LogP contribution in [0.25, 0.3) is 0 Å². The first-order chi connectivity index (χ1) is 4.72. The summed E-state index contributed by atoms with van der Waals surface area (Å²) in [6.07, 6.45) is 4.98. The molecule has 0 unspecified atom stereocenters. The molecule has 2 heteroatoms. The number of allylic oxidation sites excluding steroid dienone is 2. The van der Waals surface area contributed by atoms with E-state index in [-0.39, 0.29) is 0 Å². The lowest BCUT2D eigenvalue weighted by Gasteiger charge is -1.97. The molecule has 0 saturated carbocycles. The Hall–Kier alpha value is -0.210. The first-order valence-corrected chi connectivity index (χ1v) is 3.89. The third-order valence-electron chi connectivity index (χ3n) is 1.34. The number of rotatable bonds is 3. The molecular weight excluding hydrogens is 142 g/mol. The molecule has 0 radical (unpaired) electrons. The number of nitrogens with two attached hydrogens (primary N) is 1. The molecule has 0 aromatic carbocycles. The topological polar surface area (TPSA) is 26.0 Å². The van der Waals surface area contributed by atoms with E-state index in [9.17, 15) is 0 Å². The van der Waals surface area contributed by atoms with Crippen LogP contribution in [0.2, 0.25) is 0 Å². The van der Waals surface area contributed by atoms with E-state index < -0.39 is 0 Å². The third kappa shape index (κ3) is 3.75. The van der Waals surface area contributed by atoms with Gasteiger partial charge < -0.3 is 5.73 Å². The summed E-state index contributed by atoms with van der Waals surface area (Å²) in [5.41, 5.74) is 6.53. The molecule has 0 bridgehead atoms. The molecule has 0 aromatic rings. The van der Waals surface area contributed by atoms with Gasteiger partial charge in [0, 0.05) is 4.91 Å². The van der Waals surface area contributed by atoms with Gasteiger partial charge in [-0.05, 0) is 32.4 Å². The Morgan fingerprint density at radius 3 is 2.60 bits per heavy atom. The van der Waals surface area contributed by atoms with Crippen LogP contribution in [0.5, 0.6) is 0 Å². The maximum absolute atomic E-state index is 5.32. The fourth-order valence-corrected chi connectivity index (χ4v) is 0.787. The maximum Gasteiger partial charge on any atom is 0.00265 e. The van der Waals surface area contributed by atoms with Crippen LogP contribution >= 0.6 is 12.6 Å². The van der Waals surface area contributed by atoms with Crippen molar-refractivity contribution in [3.8, 4) is 0 Å². The molecule has 0 atom stereocenters. The van der Waals surface area contributed by atoms with Gasteiger partial charge in [0.05, 0.1) is 0 Å². The van der Waals surface area contributed by atoms with Gasteiger partial charge in [0.25, 0.3) is 0 Å². The summed E-state index contributed by atoms with van der Waals surface area (Å²) in [7, 11) is 0. The molecule has 0 aliphatic heterocycles. The van der Waals surface area contributed by atoms with Gasteiger partial charge in [0.1, 0.15) is 0 Å². The van der Waals surface area contributed by atoms with Crippen LogP contribution in [0.3, 0.4) is 0 Å². The highest BCUT2D eigenvalue weighted by atomic mass is 32.1. The lowest BCUT2D eigenvalue weighted by Crippen LogP contribution is -1.95. The van der Waals surface area contributed by atoms with Crippen molar-refractivity contribution in [2.24, 2.45) is 5.73 Å². The number of hydrogen-bond donors (Lipinski definition) is 2. The fraction of sp³-hybridized carbons (Fsp3) is 0.500. The molecule has 0 saturated heterocycles. The highest BCUT2D eigenvalue weighted by Crippen LogP contribution is 2.12. The second-order valence-electron chi connectivity index (χ2n) is 2.14. The van der Waals surface area contributed by atoms with E-state index in [2.05, 4.69) is 12.6 Å². The van der Waals surface area contributed by atoms with Crippen LogP contribution in [-0.2, 0) is 0 Å². The zero-order valence-corrected chi connectivity index (χ0v) is 7.49. The van der Waals surface area contributed by atoms with Crippen molar-refractivity contribution in [1.29, 1.82) is 0 Å². The van der Waals surface area contributed by atoms with Crippen LogP contribution in [0.4, 0.5) is 0 Å². The van der Waals surface area contributed by atoms with Crippen LogP contribution in [0.15, 0.2) is 22.6 Å². The summed E-state index contributed by atoms with van der Waals surface area (Å²) in [5, 5.41) is 0. The zero-order chi connectivity index (χ0) is 7.98. The van der Waals surface area contributed by atoms with Gasteiger partial charge in [-0.1, -0.05) is 12.2 Å². The van der Waals surface area contributed by atoms with Crippen LogP contribution in [0, 0.1) is 0 Å². The Morgan fingerprint density at radius 2 is 2.20 bits per heavy atom. The van der Waals surface area contributed by atoms with Crippen LogP contribution in [-0.4, -0.2) is 6.54 Å². The van der Waals surface area contributed by atoms with Gasteiger partial charge in [-0.15, -0.1) is 12.6 Å². The largest absolute Gasteiger partial charge is 0.330 e. The lowest BCUT2D eigenvalue weighted by atomic mass is 10.2. The second-order valence-corrected chi connectivity index (χ2v) is 2.62. The average Bonchev–Trinajstić information content (AvgIpc) is 1.98. The minimum absolute atomic E-state index is 0.695. The normalized spacial score (nSPS) is 14.0. The molecule has 0 heterocycles. The summed E-state index contributed by atoms with van der Waals surface area (Å²) >= 11 is 4.28. The Bertz CT molecular complexity index is 147. The van der Waals surface area contributed by atoms with Crippen molar-refractivity contribution < 1.29 is 0 Å². The lowest BCUT2D eigenvalue weighted by molar-refractivity contribution is 1.00. The molecule has 1 nitrogen and oxygen atoms in total. The van der Waals surface area contributed by atoms with E-state index in [1.165, 1.54) is 5.57 Å². The highest BCUT2D eigenvalue weighted by molar-refractivity contribution is 7.84. The number of thiol groups is 1. The summed E-state index contributed by atoms with van der Waals surface area (Å²) < 4.78 is 0. The van der Waals surface area contributed by atoms with Gasteiger partial charge in [-0.3, -0.25) is 0 Å². The first-order valence-electron chi connectivity index (χ1n) is 3.44. The molecule has 0 aliphatic carbocycles. The van der Waals surface area contributed by atoms with Crippen molar-refractivity contribution in [3.05, 3.63) is 22.6 Å². The van der Waals surface area contributed by atoms with Gasteiger partial charge in [0.15, 0.2) is 0 Å². The third-order valence-corrected chi connectivity index (χ3v) is 1.88. The van der Waals surface area contributed by atoms with Gasteiger partial charge in [-0.25, -0.2) is 0 Å². The maximum atomic E-state index is 5.32. The van der Waals surface area contributed by atoms with E-state index in [4.69, 9.17) is 5.73 Å². The number of hydrogen-bond acceptors (Lipinski definition) is 2. The SMILES string of the molecule is C/C=C(C)/C(S)=C/CCN. The van der Waals surface area contributed by atoms with Crippen molar-refractivity contribution in [2.75, 3.05) is 6.54 Å². The van der Waals surface area contributed by atoms with Crippen molar-refractivity contribution in [2.45, 2.75) is 20.3 Å². The fourth-order valence-electron chi connectivity index (χ4n) is 0.529. The molecule has 0 spiro atoms. The summed E-state index contributed by atoms with van der Waals surface area (Å²) in [5.74, 6) is 0. The summed E-state index contributed by atoms with van der Waals surface area (Å²) in [6, 6.07) is 0. The van der Waals surface area contributed by atoms with Crippen LogP contribution in [0.1, 0.15) is 20.3 Å². The molecular formula is C8H15NS. The Kier molecular flexibility index (Phi) is 5.45. The predicted octanol–water partition coefficient (Wildman–Crippen LogP) is 2.12. The first kappa shape index (κ1) is 9.79. The quantitative estimate of drug-likeness (QED) is 0.476. The second kappa shape index (κ2) is 5.57. The van der Waals surface area contributed by atoms with Gasteiger partial charge >= 0.3 is 0 Å². The Labute approximate surface area is 68.4 Å². The van der Waals surface area contributed by atoms with E-state index in [1.54, 1.807) is 0 Å². The molecule has 0 amide bonds. The summed E-state index contributed by atoms with van der Waals surface area (Å²) in [6.45, 7) is 4.73. The minimum Gasteiger partial charge on any atom is -0.330 e. The monoisotopic (exact) mass is 157 g/mol. The molecule has 0 aliphatic rings. The minimum atomic E-state index is 0.695. The van der Waals surface area contributed by atoms with E-state index >= 15 is 0 Å². The van der Waals surface area contributed by atoms with Crippen LogP contribution < -0.4 is 5.73 Å². The standard InChI is InChI=1S/C8H15NS/c1-3-7(2)8(10)5-4-6-9/h3,5,10H,4,6,9H2,1-2H3/b7-3+,8-5-. The Morgan fingerprint density at radius 1 is 1.60 bits per heavy atom. The van der Waals surface area contributed by atoms with Crippen molar-refractivity contribution in [1.82, 2.24) is 0 Å². The smallest absolute Gasteiger partial charge is 0.00265 e. The summed E-state index contributed by atoms with van der Waals surface area (Å²) in [4.78, 5) is 1.04. The van der Waals surface area contributed by atoms with E-state index in [0.717, 1.165) is 11.3 Å². The van der Waals surface area contributed by atoms with E-state index in [1.807, 2.05) is 26.0 Å². The molecule has 58 valence electrons. The zero-order valence-electron chi connectivity index (χ0n) is 6.59. The van der Waals surface area contributed by atoms with E-state index in [0.29, 0.717) is 6.54 Å². The molecule has 0 fully saturated rings. The molecule has 0 aromatic heterocycles. The molecule has 10 heavy (non-hydrogen) atoms. The van der Waals surface area contributed by atoms with Gasteiger partial charge in [-0.2, -0.15) is 0 Å². The van der Waals surface area contributed by atoms with Crippen molar-refractivity contribution >= 4 is 12.6 Å². The predicted molar refractivity (Wildman–Crippen MR) is 50.2 cm³/mol.